The number of H-pyrrole nitrogens is 1. The molecule has 2 rings (SSSR count). The summed E-state index contributed by atoms with van der Waals surface area (Å²) in [5.41, 5.74) is 2.29. The lowest BCUT2D eigenvalue weighted by atomic mass is 10.1. The fraction of sp³-hybridized carbons (Fsp3) is 0.182. The van der Waals surface area contributed by atoms with Crippen molar-refractivity contribution in [2.45, 2.75) is 18.9 Å². The highest BCUT2D eigenvalue weighted by atomic mass is 79.9. The highest BCUT2D eigenvalue weighted by Gasteiger charge is 2.17. The molecule has 0 saturated carbocycles. The minimum atomic E-state index is -3.61. The van der Waals surface area contributed by atoms with Gasteiger partial charge >= 0.3 is 0 Å². The molecule has 2 N–H and O–H groups in total. The highest BCUT2D eigenvalue weighted by Crippen LogP contribution is 2.26. The van der Waals surface area contributed by atoms with Gasteiger partial charge in [-0.3, -0.25) is 9.82 Å². The normalized spacial score (nSPS) is 11.5. The number of aryl methyl sites for hydroxylation is 2. The molecular weight excluding hydrogens is 318 g/mol. The number of anilines is 1. The summed E-state index contributed by atoms with van der Waals surface area (Å²) in [4.78, 5) is 0. The van der Waals surface area contributed by atoms with Crippen LogP contribution < -0.4 is 4.72 Å². The van der Waals surface area contributed by atoms with E-state index in [0.717, 1.165) is 15.6 Å². The first-order valence-corrected chi connectivity index (χ1v) is 7.47. The molecular formula is C11H12BrN3O2S. The summed E-state index contributed by atoms with van der Waals surface area (Å²) in [6.07, 6.45) is 1.40. The van der Waals surface area contributed by atoms with Gasteiger partial charge in [-0.15, -0.1) is 0 Å². The second-order valence-corrected chi connectivity index (χ2v) is 6.51. The van der Waals surface area contributed by atoms with Crippen LogP contribution in [0.2, 0.25) is 0 Å². The molecule has 0 atom stereocenters. The molecule has 0 aliphatic heterocycles. The fourth-order valence-corrected chi connectivity index (χ4v) is 3.45. The molecule has 0 radical (unpaired) electrons. The van der Waals surface area contributed by atoms with Crippen LogP contribution in [0.3, 0.4) is 0 Å². The van der Waals surface area contributed by atoms with Crippen molar-refractivity contribution in [3.63, 3.8) is 0 Å². The van der Waals surface area contributed by atoms with Crippen molar-refractivity contribution in [1.29, 1.82) is 0 Å². The van der Waals surface area contributed by atoms with Gasteiger partial charge in [0.25, 0.3) is 10.0 Å². The van der Waals surface area contributed by atoms with Crippen LogP contribution >= 0.6 is 15.9 Å². The smallest absolute Gasteiger partial charge is 0.278 e. The zero-order chi connectivity index (χ0) is 13.3. The lowest BCUT2D eigenvalue weighted by Gasteiger charge is -2.12. The molecule has 18 heavy (non-hydrogen) atoms. The molecule has 0 bridgehead atoms. The maximum Gasteiger partial charge on any atom is 0.278 e. The predicted octanol–water partition coefficient (Wildman–Crippen LogP) is 2.59. The Kier molecular flexibility index (Phi) is 3.45. The number of sulfonamides is 1. The van der Waals surface area contributed by atoms with Crippen molar-refractivity contribution < 1.29 is 8.42 Å². The van der Waals surface area contributed by atoms with Gasteiger partial charge in [-0.05, 0) is 43.2 Å². The highest BCUT2D eigenvalue weighted by molar-refractivity contribution is 9.10. The molecule has 96 valence electrons. The van der Waals surface area contributed by atoms with E-state index in [1.54, 1.807) is 0 Å². The van der Waals surface area contributed by atoms with Crippen LogP contribution in [0.1, 0.15) is 11.1 Å². The van der Waals surface area contributed by atoms with Gasteiger partial charge in [0.1, 0.15) is 0 Å². The Morgan fingerprint density at radius 2 is 1.89 bits per heavy atom. The largest absolute Gasteiger partial charge is 0.278 e. The molecule has 0 saturated heterocycles. The molecule has 1 aromatic carbocycles. The Labute approximate surface area is 114 Å². The lowest BCUT2D eigenvalue weighted by molar-refractivity contribution is 0.597. The third-order valence-corrected chi connectivity index (χ3v) is 4.24. The van der Waals surface area contributed by atoms with Crippen LogP contribution in [0.5, 0.6) is 0 Å². The van der Waals surface area contributed by atoms with Crippen molar-refractivity contribution in [3.8, 4) is 0 Å². The molecule has 1 heterocycles. The molecule has 1 aromatic heterocycles. The van der Waals surface area contributed by atoms with Crippen molar-refractivity contribution >= 4 is 31.6 Å². The first kappa shape index (κ1) is 13.1. The zero-order valence-electron chi connectivity index (χ0n) is 9.86. The number of benzene rings is 1. The van der Waals surface area contributed by atoms with Gasteiger partial charge in [0.05, 0.1) is 11.9 Å². The first-order valence-electron chi connectivity index (χ1n) is 5.19. The van der Waals surface area contributed by atoms with Crippen molar-refractivity contribution in [2.75, 3.05) is 4.72 Å². The first-order chi connectivity index (χ1) is 8.40. The quantitative estimate of drug-likeness (QED) is 0.908. The van der Waals surface area contributed by atoms with Crippen LogP contribution in [0, 0.1) is 13.8 Å². The predicted molar refractivity (Wildman–Crippen MR) is 73.0 cm³/mol. The van der Waals surface area contributed by atoms with E-state index in [-0.39, 0.29) is 5.03 Å². The van der Waals surface area contributed by atoms with E-state index in [9.17, 15) is 8.42 Å². The third kappa shape index (κ3) is 2.56. The Bertz CT molecular complexity index is 643. The number of rotatable bonds is 3. The summed E-state index contributed by atoms with van der Waals surface area (Å²) < 4.78 is 27.6. The SMILES string of the molecule is Cc1cc(Br)cc(C)c1NS(=O)(=O)c1ccn[nH]1. The van der Waals surface area contributed by atoms with E-state index >= 15 is 0 Å². The Morgan fingerprint density at radius 1 is 1.28 bits per heavy atom. The summed E-state index contributed by atoms with van der Waals surface area (Å²) >= 11 is 3.37. The van der Waals surface area contributed by atoms with Crippen molar-refractivity contribution in [3.05, 3.63) is 40.0 Å². The van der Waals surface area contributed by atoms with Crippen LogP contribution in [0.25, 0.3) is 0 Å². The summed E-state index contributed by atoms with van der Waals surface area (Å²) in [6, 6.07) is 5.13. The number of aromatic amines is 1. The monoisotopic (exact) mass is 329 g/mol. The number of hydrogen-bond acceptors (Lipinski definition) is 3. The number of nitrogens with one attached hydrogen (secondary N) is 2. The number of aromatic nitrogens is 2. The van der Waals surface area contributed by atoms with Gasteiger partial charge in [0.15, 0.2) is 5.03 Å². The molecule has 0 aliphatic carbocycles. The average Bonchev–Trinajstić information content (AvgIpc) is 2.77. The van der Waals surface area contributed by atoms with Gasteiger partial charge in [-0.1, -0.05) is 15.9 Å². The summed E-state index contributed by atoms with van der Waals surface area (Å²) in [5, 5.41) is 6.12. The van der Waals surface area contributed by atoms with Gasteiger partial charge in [0, 0.05) is 4.47 Å². The Balaban J connectivity index is 2.42. The fourth-order valence-electron chi connectivity index (χ4n) is 1.65. The standard InChI is InChI=1S/C11H12BrN3O2S/c1-7-5-9(12)6-8(2)11(7)15-18(16,17)10-3-4-13-14-10/h3-6,15H,1-2H3,(H,13,14). The van der Waals surface area contributed by atoms with E-state index in [4.69, 9.17) is 0 Å². The van der Waals surface area contributed by atoms with E-state index in [1.165, 1.54) is 12.3 Å². The van der Waals surface area contributed by atoms with E-state index < -0.39 is 10.0 Å². The molecule has 2 aromatic rings. The molecule has 5 nitrogen and oxygen atoms in total. The maximum atomic E-state index is 12.1. The van der Waals surface area contributed by atoms with Gasteiger partial charge in [0.2, 0.25) is 0 Å². The van der Waals surface area contributed by atoms with Gasteiger partial charge < -0.3 is 0 Å². The van der Waals surface area contributed by atoms with Crippen LogP contribution in [-0.4, -0.2) is 18.6 Å². The minimum absolute atomic E-state index is 0.0456. The third-order valence-electron chi connectivity index (χ3n) is 2.50. The molecule has 0 fully saturated rings. The topological polar surface area (TPSA) is 74.8 Å². The maximum absolute atomic E-state index is 12.1. The van der Waals surface area contributed by atoms with E-state index in [0.29, 0.717) is 5.69 Å². The van der Waals surface area contributed by atoms with Crippen molar-refractivity contribution in [1.82, 2.24) is 10.2 Å². The van der Waals surface area contributed by atoms with E-state index in [2.05, 4.69) is 30.8 Å². The number of nitrogens with zero attached hydrogens (tertiary/aromatic N) is 1. The molecule has 0 amide bonds. The van der Waals surface area contributed by atoms with E-state index in [1.807, 2.05) is 26.0 Å². The molecule has 0 spiro atoms. The summed E-state index contributed by atoms with van der Waals surface area (Å²) in [6.45, 7) is 3.70. The lowest BCUT2D eigenvalue weighted by Crippen LogP contribution is -2.15. The number of halogens is 1. The zero-order valence-corrected chi connectivity index (χ0v) is 12.3. The van der Waals surface area contributed by atoms with Crippen LogP contribution in [0.4, 0.5) is 5.69 Å². The molecule has 0 aliphatic rings. The van der Waals surface area contributed by atoms with Crippen molar-refractivity contribution in [2.24, 2.45) is 0 Å². The Hall–Kier alpha value is -1.34. The second kappa shape index (κ2) is 4.74. The molecule has 0 unspecified atom stereocenters. The molecule has 7 heteroatoms. The number of hydrogen-bond donors (Lipinski definition) is 2. The average molecular weight is 330 g/mol. The Morgan fingerprint density at radius 3 is 2.39 bits per heavy atom. The van der Waals surface area contributed by atoms with Gasteiger partial charge in [-0.25, -0.2) is 0 Å². The van der Waals surface area contributed by atoms with Gasteiger partial charge in [-0.2, -0.15) is 13.5 Å². The second-order valence-electron chi connectivity index (χ2n) is 3.94. The summed E-state index contributed by atoms with van der Waals surface area (Å²) in [5.74, 6) is 0. The minimum Gasteiger partial charge on any atom is -0.278 e. The van der Waals surface area contributed by atoms with Crippen LogP contribution in [-0.2, 0) is 10.0 Å². The van der Waals surface area contributed by atoms with Crippen LogP contribution in [0.15, 0.2) is 33.9 Å². The summed E-state index contributed by atoms with van der Waals surface area (Å²) in [7, 11) is -3.61.